The summed E-state index contributed by atoms with van der Waals surface area (Å²) < 4.78 is 91.0. The molecule has 6 nitrogen and oxygen atoms in total. The van der Waals surface area contributed by atoms with Crippen molar-refractivity contribution in [3.8, 4) is 11.5 Å². The van der Waals surface area contributed by atoms with Gasteiger partial charge >= 0.3 is 12.7 Å². The zero-order chi connectivity index (χ0) is 28.7. The number of carbonyl (C=O) groups is 1. The first-order valence-electron chi connectivity index (χ1n) is 11.6. The number of alkyl halides is 6. The molecular weight excluding hydrogens is 532 g/mol. The molecule has 1 atom stereocenters. The molecule has 12 heteroatoms. The maximum atomic E-state index is 13.1. The van der Waals surface area contributed by atoms with Crippen LogP contribution in [0.4, 0.5) is 26.3 Å². The highest BCUT2D eigenvalue weighted by Crippen LogP contribution is 2.38. The van der Waals surface area contributed by atoms with Gasteiger partial charge in [0, 0.05) is 26.4 Å². The van der Waals surface area contributed by atoms with E-state index in [9.17, 15) is 36.2 Å². The molecule has 0 saturated heterocycles. The Morgan fingerprint density at radius 2 is 1.33 bits per heavy atom. The van der Waals surface area contributed by atoms with Gasteiger partial charge in [-0.1, -0.05) is 54.6 Å². The quantitative estimate of drug-likeness (QED) is 0.229. The highest BCUT2D eigenvalue weighted by molar-refractivity contribution is 5.78. The predicted octanol–water partition coefficient (Wildman–Crippen LogP) is 5.83. The van der Waals surface area contributed by atoms with E-state index in [2.05, 4.69) is 14.8 Å². The first-order chi connectivity index (χ1) is 18.3. The number of aliphatic hydroxyl groups is 1. The van der Waals surface area contributed by atoms with E-state index < -0.39 is 42.0 Å². The predicted molar refractivity (Wildman–Crippen MR) is 128 cm³/mol. The number of methoxy groups -OCH3 is 1. The van der Waals surface area contributed by atoms with Crippen molar-refractivity contribution >= 4 is 5.91 Å². The molecule has 2 N–H and O–H groups in total. The summed E-state index contributed by atoms with van der Waals surface area (Å²) in [5, 5.41) is 12.5. The van der Waals surface area contributed by atoms with Gasteiger partial charge in [-0.05, 0) is 41.0 Å². The van der Waals surface area contributed by atoms with Crippen molar-refractivity contribution in [3.05, 3.63) is 95.6 Å². The fraction of sp³-hybridized carbons (Fsp3) is 0.296. The fourth-order valence-corrected chi connectivity index (χ4v) is 4.05. The molecule has 0 aliphatic carbocycles. The second-order valence-electron chi connectivity index (χ2n) is 8.50. The van der Waals surface area contributed by atoms with Crippen molar-refractivity contribution in [1.82, 2.24) is 5.32 Å². The number of rotatable bonds is 11. The van der Waals surface area contributed by atoms with E-state index in [0.717, 1.165) is 24.3 Å². The van der Waals surface area contributed by atoms with Crippen LogP contribution < -0.4 is 14.8 Å². The average Bonchev–Trinajstić information content (AvgIpc) is 2.85. The van der Waals surface area contributed by atoms with Crippen molar-refractivity contribution in [2.45, 2.75) is 43.8 Å². The molecule has 1 amide bonds. The molecular formula is C27H25F6NO5. The Kier molecular flexibility index (Phi) is 9.46. The number of halogens is 6. The zero-order valence-corrected chi connectivity index (χ0v) is 20.6. The lowest BCUT2D eigenvalue weighted by Gasteiger charge is -2.37. The van der Waals surface area contributed by atoms with Crippen molar-refractivity contribution in [2.24, 2.45) is 0 Å². The molecule has 39 heavy (non-hydrogen) atoms. The average molecular weight is 557 g/mol. The third kappa shape index (κ3) is 8.89. The standard InChI is InChI=1S/C27H25F6NO5/c1-37-24(36)14-13-23(35)34-25(17-18-7-3-2-4-8-18,19-9-5-11-21(15-19)38-26(28,29)30)20-10-6-12-22(16-20)39-27(31,32)33/h2-12,15-16,24,36H,13-14,17H2,1H3,(H,34,35). The molecule has 3 aromatic carbocycles. The van der Waals surface area contributed by atoms with Gasteiger partial charge in [-0.25, -0.2) is 0 Å². The largest absolute Gasteiger partial charge is 0.573 e. The van der Waals surface area contributed by atoms with Crippen LogP contribution in [-0.2, 0) is 21.5 Å². The Hall–Kier alpha value is -3.77. The summed E-state index contributed by atoms with van der Waals surface area (Å²) in [5.41, 5.74) is -0.887. The number of hydrogen-bond acceptors (Lipinski definition) is 5. The van der Waals surface area contributed by atoms with Crippen LogP contribution in [0.25, 0.3) is 0 Å². The number of aliphatic hydroxyl groups excluding tert-OH is 1. The molecule has 210 valence electrons. The summed E-state index contributed by atoms with van der Waals surface area (Å²) in [6.07, 6.45) is -11.7. The summed E-state index contributed by atoms with van der Waals surface area (Å²) in [4.78, 5) is 13.1. The maximum Gasteiger partial charge on any atom is 0.573 e. The van der Waals surface area contributed by atoms with Crippen molar-refractivity contribution in [3.63, 3.8) is 0 Å². The van der Waals surface area contributed by atoms with Crippen molar-refractivity contribution < 1.29 is 50.5 Å². The maximum absolute atomic E-state index is 13.1. The first-order valence-corrected chi connectivity index (χ1v) is 11.6. The molecule has 1 unspecified atom stereocenters. The molecule has 3 aromatic rings. The van der Waals surface area contributed by atoms with Crippen LogP contribution in [0.1, 0.15) is 29.5 Å². The molecule has 0 saturated carbocycles. The molecule has 0 aromatic heterocycles. The van der Waals surface area contributed by atoms with E-state index in [4.69, 9.17) is 4.74 Å². The summed E-state index contributed by atoms with van der Waals surface area (Å²) in [6, 6.07) is 18.1. The van der Waals surface area contributed by atoms with Gasteiger partial charge in [0.25, 0.3) is 0 Å². The second-order valence-corrected chi connectivity index (χ2v) is 8.50. The zero-order valence-electron chi connectivity index (χ0n) is 20.6. The third-order valence-electron chi connectivity index (χ3n) is 5.68. The Morgan fingerprint density at radius 3 is 1.79 bits per heavy atom. The van der Waals surface area contributed by atoms with Crippen LogP contribution in [-0.4, -0.2) is 37.1 Å². The molecule has 0 fully saturated rings. The van der Waals surface area contributed by atoms with E-state index in [-0.39, 0.29) is 30.4 Å². The molecule has 0 radical (unpaired) electrons. The van der Waals surface area contributed by atoms with Gasteiger partial charge in [0.15, 0.2) is 6.29 Å². The smallest absolute Gasteiger partial charge is 0.406 e. The minimum absolute atomic E-state index is 0.0721. The lowest BCUT2D eigenvalue weighted by atomic mass is 9.77. The molecule has 0 aliphatic rings. The number of ether oxygens (including phenoxy) is 3. The van der Waals surface area contributed by atoms with Gasteiger partial charge in [0.1, 0.15) is 11.5 Å². The van der Waals surface area contributed by atoms with E-state index in [0.29, 0.717) is 5.56 Å². The number of hydrogen-bond donors (Lipinski definition) is 2. The number of nitrogens with one attached hydrogen (secondary N) is 1. The van der Waals surface area contributed by atoms with Gasteiger partial charge in [-0.15, -0.1) is 26.3 Å². The van der Waals surface area contributed by atoms with Gasteiger partial charge in [0.2, 0.25) is 5.91 Å². The molecule has 0 heterocycles. The molecule has 0 aliphatic heterocycles. The molecule has 0 bridgehead atoms. The third-order valence-corrected chi connectivity index (χ3v) is 5.68. The van der Waals surface area contributed by atoms with Crippen molar-refractivity contribution in [2.75, 3.05) is 7.11 Å². The van der Waals surface area contributed by atoms with Crippen molar-refractivity contribution in [1.29, 1.82) is 0 Å². The highest BCUT2D eigenvalue weighted by Gasteiger charge is 2.39. The highest BCUT2D eigenvalue weighted by atomic mass is 19.4. The summed E-state index contributed by atoms with van der Waals surface area (Å²) in [7, 11) is 1.24. The molecule has 3 rings (SSSR count). The van der Waals surface area contributed by atoms with Crippen LogP contribution in [0.2, 0.25) is 0 Å². The van der Waals surface area contributed by atoms with Crippen LogP contribution in [0.15, 0.2) is 78.9 Å². The minimum Gasteiger partial charge on any atom is -0.406 e. The monoisotopic (exact) mass is 557 g/mol. The molecule has 0 spiro atoms. The van der Waals surface area contributed by atoms with E-state index >= 15 is 0 Å². The Morgan fingerprint density at radius 1 is 0.821 bits per heavy atom. The summed E-state index contributed by atoms with van der Waals surface area (Å²) >= 11 is 0. The number of benzene rings is 3. The number of amides is 1. The topological polar surface area (TPSA) is 77.0 Å². The number of carbonyl (C=O) groups excluding carboxylic acids is 1. The summed E-state index contributed by atoms with van der Waals surface area (Å²) in [5.74, 6) is -1.83. The Balaban J connectivity index is 2.21. The van der Waals surface area contributed by atoms with Gasteiger partial charge in [0.05, 0.1) is 5.54 Å². The van der Waals surface area contributed by atoms with Crippen LogP contribution in [0.5, 0.6) is 11.5 Å². The van der Waals surface area contributed by atoms with Gasteiger partial charge < -0.3 is 24.6 Å². The van der Waals surface area contributed by atoms with Gasteiger partial charge in [-0.3, -0.25) is 4.79 Å². The first kappa shape index (κ1) is 29.8. The second kappa shape index (κ2) is 12.4. The van der Waals surface area contributed by atoms with E-state index in [1.54, 1.807) is 30.3 Å². The van der Waals surface area contributed by atoms with Crippen LogP contribution in [0.3, 0.4) is 0 Å². The van der Waals surface area contributed by atoms with Crippen LogP contribution >= 0.6 is 0 Å². The van der Waals surface area contributed by atoms with E-state index in [1.165, 1.54) is 31.4 Å². The lowest BCUT2D eigenvalue weighted by molar-refractivity contribution is -0.275. The SMILES string of the molecule is COC(O)CCC(=O)NC(Cc1ccccc1)(c1cccc(OC(F)(F)F)c1)c1cccc(OC(F)(F)F)c1. The lowest BCUT2D eigenvalue weighted by Crippen LogP contribution is -2.48. The fourth-order valence-electron chi connectivity index (χ4n) is 4.05. The Labute approximate surface area is 220 Å². The minimum atomic E-state index is -5.01. The van der Waals surface area contributed by atoms with E-state index in [1.807, 2.05) is 0 Å². The normalized spacial score (nSPS) is 13.0. The van der Waals surface area contributed by atoms with Crippen LogP contribution in [0, 0.1) is 0 Å². The Bertz CT molecular complexity index is 1170. The summed E-state index contributed by atoms with van der Waals surface area (Å²) in [6.45, 7) is 0. The van der Waals surface area contributed by atoms with Gasteiger partial charge in [-0.2, -0.15) is 0 Å².